The molecule has 2 heteroatoms. The smallest absolute Gasteiger partial charge is 0.132 e. The highest BCUT2D eigenvalue weighted by molar-refractivity contribution is 6.30. The van der Waals surface area contributed by atoms with Crippen molar-refractivity contribution in [3.05, 3.63) is 52.3 Å². The summed E-state index contributed by atoms with van der Waals surface area (Å²) in [6.07, 6.45) is 7.40. The Morgan fingerprint density at radius 3 is 2.45 bits per heavy atom. The third kappa shape index (κ3) is 2.71. The van der Waals surface area contributed by atoms with Gasteiger partial charge in [-0.15, -0.1) is 6.42 Å². The first kappa shape index (κ1) is 14.6. The van der Waals surface area contributed by atoms with Crippen LogP contribution in [0.1, 0.15) is 37.5 Å². The van der Waals surface area contributed by atoms with Gasteiger partial charge in [0.05, 0.1) is 0 Å². The van der Waals surface area contributed by atoms with Crippen molar-refractivity contribution in [2.24, 2.45) is 0 Å². The molecule has 0 N–H and O–H groups in total. The Kier molecular flexibility index (Phi) is 3.88. The lowest BCUT2D eigenvalue weighted by Crippen LogP contribution is -2.11. The van der Waals surface area contributed by atoms with Crippen molar-refractivity contribution in [2.45, 2.75) is 33.1 Å². The van der Waals surface area contributed by atoms with E-state index >= 15 is 0 Å². The molecule has 1 aromatic carbocycles. The summed E-state index contributed by atoms with van der Waals surface area (Å²) in [4.78, 5) is 4.09. The molecule has 20 heavy (non-hydrogen) atoms. The van der Waals surface area contributed by atoms with Gasteiger partial charge in [0.2, 0.25) is 0 Å². The molecule has 0 saturated heterocycles. The van der Waals surface area contributed by atoms with E-state index in [1.807, 2.05) is 13.0 Å². The van der Waals surface area contributed by atoms with E-state index in [1.54, 1.807) is 6.20 Å². The summed E-state index contributed by atoms with van der Waals surface area (Å²) in [5, 5.41) is 0.519. The van der Waals surface area contributed by atoms with Crippen molar-refractivity contribution >= 4 is 11.6 Å². The molecule has 0 fully saturated rings. The first-order valence-corrected chi connectivity index (χ1v) is 6.95. The third-order valence-electron chi connectivity index (χ3n) is 3.47. The molecule has 2 rings (SSSR count). The summed E-state index contributed by atoms with van der Waals surface area (Å²) in [7, 11) is 0. The molecule has 0 unspecified atom stereocenters. The van der Waals surface area contributed by atoms with Crippen LogP contribution in [-0.2, 0) is 5.41 Å². The van der Waals surface area contributed by atoms with E-state index in [2.05, 4.69) is 49.9 Å². The SMILES string of the molecule is C#Cc1cc(C(C)(C)C)ccc1-c1ccnc(Cl)c1C. The average molecular weight is 284 g/mol. The molecule has 0 saturated carbocycles. The minimum Gasteiger partial charge on any atom is -0.244 e. The molecule has 0 radical (unpaired) electrons. The largest absolute Gasteiger partial charge is 0.244 e. The van der Waals surface area contributed by atoms with Crippen LogP contribution in [0.15, 0.2) is 30.5 Å². The van der Waals surface area contributed by atoms with Crippen molar-refractivity contribution in [2.75, 3.05) is 0 Å². The molecule has 0 aliphatic carbocycles. The van der Waals surface area contributed by atoms with Crippen LogP contribution in [0.25, 0.3) is 11.1 Å². The number of rotatable bonds is 1. The van der Waals surface area contributed by atoms with Crippen LogP contribution in [0.5, 0.6) is 0 Å². The van der Waals surface area contributed by atoms with Gasteiger partial charge < -0.3 is 0 Å². The fourth-order valence-corrected chi connectivity index (χ4v) is 2.33. The summed E-state index contributed by atoms with van der Waals surface area (Å²) < 4.78 is 0. The van der Waals surface area contributed by atoms with E-state index in [1.165, 1.54) is 5.56 Å². The maximum absolute atomic E-state index is 6.10. The molecule has 2 aromatic rings. The summed E-state index contributed by atoms with van der Waals surface area (Å²) >= 11 is 6.10. The monoisotopic (exact) mass is 283 g/mol. The Hall–Kier alpha value is -1.78. The van der Waals surface area contributed by atoms with Gasteiger partial charge in [0.1, 0.15) is 5.15 Å². The van der Waals surface area contributed by atoms with E-state index in [9.17, 15) is 0 Å². The van der Waals surface area contributed by atoms with Gasteiger partial charge in [0.15, 0.2) is 0 Å². The van der Waals surface area contributed by atoms with E-state index in [-0.39, 0.29) is 5.41 Å². The zero-order valence-corrected chi connectivity index (χ0v) is 13.0. The third-order valence-corrected chi connectivity index (χ3v) is 3.85. The lowest BCUT2D eigenvalue weighted by atomic mass is 9.84. The molecule has 0 bridgehead atoms. The molecule has 1 heterocycles. The highest BCUT2D eigenvalue weighted by Gasteiger charge is 2.16. The Bertz CT molecular complexity index is 688. The lowest BCUT2D eigenvalue weighted by molar-refractivity contribution is 0.590. The second kappa shape index (κ2) is 5.31. The van der Waals surface area contributed by atoms with Crippen LogP contribution in [0.4, 0.5) is 0 Å². The van der Waals surface area contributed by atoms with Crippen LogP contribution in [0, 0.1) is 19.3 Å². The first-order valence-electron chi connectivity index (χ1n) is 6.57. The molecule has 0 spiro atoms. The molecule has 0 amide bonds. The predicted octanol–water partition coefficient (Wildman–Crippen LogP) is 4.99. The topological polar surface area (TPSA) is 12.9 Å². The number of terminal acetylenes is 1. The lowest BCUT2D eigenvalue weighted by Gasteiger charge is -2.20. The van der Waals surface area contributed by atoms with Crippen molar-refractivity contribution in [1.82, 2.24) is 4.98 Å². The second-order valence-corrected chi connectivity index (χ2v) is 6.29. The minimum atomic E-state index is 0.0784. The zero-order chi connectivity index (χ0) is 14.9. The number of benzene rings is 1. The number of hydrogen-bond acceptors (Lipinski definition) is 1. The maximum Gasteiger partial charge on any atom is 0.132 e. The molecular weight excluding hydrogens is 266 g/mol. The summed E-state index contributed by atoms with van der Waals surface area (Å²) in [6, 6.07) is 8.25. The van der Waals surface area contributed by atoms with Crippen LogP contribution >= 0.6 is 11.6 Å². The maximum atomic E-state index is 6.10. The van der Waals surface area contributed by atoms with Crippen LogP contribution in [-0.4, -0.2) is 4.98 Å². The van der Waals surface area contributed by atoms with Gasteiger partial charge in [-0.05, 0) is 46.7 Å². The normalized spacial score (nSPS) is 11.2. The number of aromatic nitrogens is 1. The predicted molar refractivity (Wildman–Crippen MR) is 86.1 cm³/mol. The van der Waals surface area contributed by atoms with Gasteiger partial charge in [-0.3, -0.25) is 0 Å². The molecule has 0 atom stereocenters. The Labute approximate surface area is 126 Å². The van der Waals surface area contributed by atoms with Gasteiger partial charge in [-0.2, -0.15) is 0 Å². The number of halogens is 1. The van der Waals surface area contributed by atoms with Crippen molar-refractivity contribution in [3.8, 4) is 23.5 Å². The first-order chi connectivity index (χ1) is 9.34. The number of pyridine rings is 1. The fourth-order valence-electron chi connectivity index (χ4n) is 2.17. The van der Waals surface area contributed by atoms with E-state index in [0.717, 1.165) is 22.3 Å². The van der Waals surface area contributed by atoms with Crippen molar-refractivity contribution in [1.29, 1.82) is 0 Å². The van der Waals surface area contributed by atoms with E-state index in [0.29, 0.717) is 5.15 Å². The standard InChI is InChI=1S/C18H18ClN/c1-6-13-11-14(18(3,4)5)7-8-16(13)15-9-10-20-17(19)12(15)2/h1,7-11H,2-5H3. The Morgan fingerprint density at radius 1 is 1.15 bits per heavy atom. The zero-order valence-electron chi connectivity index (χ0n) is 12.3. The highest BCUT2D eigenvalue weighted by atomic mass is 35.5. The molecule has 102 valence electrons. The van der Waals surface area contributed by atoms with Gasteiger partial charge in [-0.1, -0.05) is 50.4 Å². The summed E-state index contributed by atoms with van der Waals surface area (Å²) in [6.45, 7) is 8.49. The second-order valence-electron chi connectivity index (χ2n) is 5.93. The quantitative estimate of drug-likeness (QED) is 0.531. The fraction of sp³-hybridized carbons (Fsp3) is 0.278. The summed E-state index contributed by atoms with van der Waals surface area (Å²) in [5.74, 6) is 2.79. The molecule has 0 aliphatic heterocycles. The number of nitrogens with zero attached hydrogens (tertiary/aromatic N) is 1. The van der Waals surface area contributed by atoms with Crippen molar-refractivity contribution < 1.29 is 0 Å². The van der Waals surface area contributed by atoms with Crippen molar-refractivity contribution in [3.63, 3.8) is 0 Å². The van der Waals surface area contributed by atoms with Crippen LogP contribution in [0.3, 0.4) is 0 Å². The van der Waals surface area contributed by atoms with E-state index in [4.69, 9.17) is 18.0 Å². The van der Waals surface area contributed by atoms with Crippen LogP contribution < -0.4 is 0 Å². The summed E-state index contributed by atoms with van der Waals surface area (Å²) in [5.41, 5.74) is 5.22. The molecule has 1 aromatic heterocycles. The van der Waals surface area contributed by atoms with Gasteiger partial charge in [0.25, 0.3) is 0 Å². The van der Waals surface area contributed by atoms with Crippen LogP contribution in [0.2, 0.25) is 5.15 Å². The minimum absolute atomic E-state index is 0.0784. The Balaban J connectivity index is 2.65. The highest BCUT2D eigenvalue weighted by Crippen LogP contribution is 2.32. The Morgan fingerprint density at radius 2 is 1.85 bits per heavy atom. The van der Waals surface area contributed by atoms with Gasteiger partial charge in [0, 0.05) is 11.8 Å². The van der Waals surface area contributed by atoms with E-state index < -0.39 is 0 Å². The van der Waals surface area contributed by atoms with Gasteiger partial charge >= 0.3 is 0 Å². The number of hydrogen-bond donors (Lipinski definition) is 0. The molecule has 1 nitrogen and oxygen atoms in total. The average Bonchev–Trinajstić information content (AvgIpc) is 2.40. The molecule has 0 aliphatic rings. The van der Waals surface area contributed by atoms with Gasteiger partial charge in [-0.25, -0.2) is 4.98 Å². The molecular formula is C18H18ClN.